The van der Waals surface area contributed by atoms with E-state index < -0.39 is 22.8 Å². The Morgan fingerprint density at radius 3 is 2.45 bits per heavy atom. The van der Waals surface area contributed by atoms with Crippen molar-refractivity contribution in [3.63, 3.8) is 0 Å². The smallest absolute Gasteiger partial charge is 0.307 e. The number of likely N-dealkylation sites (tertiary alicyclic amines) is 1. The molecular weight excluding hydrogens is 426 g/mol. The van der Waals surface area contributed by atoms with Gasteiger partial charge < -0.3 is 14.8 Å². The largest absolute Gasteiger partial charge is 0.496 e. The first-order valence-electron chi connectivity index (χ1n) is 10.9. The number of nitro groups is 1. The molecule has 0 aromatic heterocycles. The van der Waals surface area contributed by atoms with Gasteiger partial charge in [0.15, 0.2) is 0 Å². The van der Waals surface area contributed by atoms with E-state index in [2.05, 4.69) is 17.4 Å². The molecule has 1 unspecified atom stereocenters. The van der Waals surface area contributed by atoms with Crippen LogP contribution in [0.4, 0.5) is 11.4 Å². The van der Waals surface area contributed by atoms with E-state index in [1.165, 1.54) is 38.0 Å². The molecule has 1 atom stereocenters. The molecule has 1 aliphatic heterocycles. The molecular formula is C24H29N3O6. The second-order valence-corrected chi connectivity index (χ2v) is 8.09. The molecule has 0 spiro atoms. The molecule has 1 saturated heterocycles. The Morgan fingerprint density at radius 1 is 1.15 bits per heavy atom. The van der Waals surface area contributed by atoms with Crippen molar-refractivity contribution >= 4 is 23.3 Å². The number of nitro benzene ring substituents is 1. The minimum absolute atomic E-state index is 0.0552. The summed E-state index contributed by atoms with van der Waals surface area (Å²) in [5, 5.41) is 14.1. The molecule has 0 saturated carbocycles. The standard InChI is InChI=1S/C24H29N3O6/c1-32-19-8-9-20(21(15-19)27(30)31)25-24(29)22(16-23(28)33-2)26-12-10-18(11-13-26)14-17-6-4-3-5-7-17/h3-9,15,18,22H,10-14,16H2,1-2H3,(H,25,29). The van der Waals surface area contributed by atoms with E-state index in [9.17, 15) is 19.7 Å². The van der Waals surface area contributed by atoms with Gasteiger partial charge in [0.1, 0.15) is 17.5 Å². The Kier molecular flexibility index (Phi) is 8.37. The maximum atomic E-state index is 13.2. The van der Waals surface area contributed by atoms with Gasteiger partial charge in [0, 0.05) is 0 Å². The van der Waals surface area contributed by atoms with Crippen LogP contribution in [0.5, 0.6) is 5.75 Å². The third-order valence-electron chi connectivity index (χ3n) is 6.01. The van der Waals surface area contributed by atoms with Crippen LogP contribution >= 0.6 is 0 Å². The van der Waals surface area contributed by atoms with Gasteiger partial charge in [0.05, 0.1) is 31.6 Å². The Labute approximate surface area is 192 Å². The molecule has 1 N–H and O–H groups in total. The summed E-state index contributed by atoms with van der Waals surface area (Å²) in [6.07, 6.45) is 2.63. The molecule has 0 bridgehead atoms. The van der Waals surface area contributed by atoms with E-state index >= 15 is 0 Å². The zero-order valence-corrected chi connectivity index (χ0v) is 18.9. The Balaban J connectivity index is 1.70. The van der Waals surface area contributed by atoms with Crippen LogP contribution < -0.4 is 10.1 Å². The summed E-state index contributed by atoms with van der Waals surface area (Å²) in [7, 11) is 2.68. The zero-order chi connectivity index (χ0) is 23.8. The topological polar surface area (TPSA) is 111 Å². The molecule has 2 aromatic carbocycles. The van der Waals surface area contributed by atoms with Crippen LogP contribution in [0, 0.1) is 16.0 Å². The van der Waals surface area contributed by atoms with Gasteiger partial charge in [-0.15, -0.1) is 0 Å². The molecule has 1 aliphatic rings. The van der Waals surface area contributed by atoms with E-state index in [-0.39, 0.29) is 17.8 Å². The van der Waals surface area contributed by atoms with E-state index in [4.69, 9.17) is 9.47 Å². The number of hydrogen-bond donors (Lipinski definition) is 1. The number of piperidine rings is 1. The zero-order valence-electron chi connectivity index (χ0n) is 18.9. The molecule has 1 fully saturated rings. The average molecular weight is 456 g/mol. The summed E-state index contributed by atoms with van der Waals surface area (Å²) in [6, 6.07) is 13.7. The van der Waals surface area contributed by atoms with Crippen molar-refractivity contribution in [1.82, 2.24) is 4.90 Å². The Hall–Kier alpha value is -3.46. The van der Waals surface area contributed by atoms with Gasteiger partial charge in [0.25, 0.3) is 5.69 Å². The molecule has 0 aliphatic carbocycles. The van der Waals surface area contributed by atoms with Crippen LogP contribution in [0.2, 0.25) is 0 Å². The first-order chi connectivity index (χ1) is 15.9. The molecule has 176 valence electrons. The van der Waals surface area contributed by atoms with Gasteiger partial charge in [-0.25, -0.2) is 0 Å². The van der Waals surface area contributed by atoms with Gasteiger partial charge in [-0.1, -0.05) is 30.3 Å². The number of ether oxygens (including phenoxy) is 2. The molecule has 9 nitrogen and oxygen atoms in total. The fourth-order valence-corrected chi connectivity index (χ4v) is 4.16. The third kappa shape index (κ3) is 6.52. The van der Waals surface area contributed by atoms with Crippen LogP contribution in [0.1, 0.15) is 24.8 Å². The molecule has 2 aromatic rings. The lowest BCUT2D eigenvalue weighted by Gasteiger charge is -2.36. The quantitative estimate of drug-likeness (QED) is 0.350. The third-order valence-corrected chi connectivity index (χ3v) is 6.01. The molecule has 3 rings (SSSR count). The summed E-state index contributed by atoms with van der Waals surface area (Å²) in [6.45, 7) is 1.30. The predicted molar refractivity (Wildman–Crippen MR) is 123 cm³/mol. The number of esters is 1. The van der Waals surface area contributed by atoms with Crippen molar-refractivity contribution < 1.29 is 24.0 Å². The maximum absolute atomic E-state index is 13.2. The van der Waals surface area contributed by atoms with Crippen molar-refractivity contribution in [3.05, 3.63) is 64.2 Å². The molecule has 1 heterocycles. The molecule has 0 radical (unpaired) electrons. The van der Waals surface area contributed by atoms with Crippen LogP contribution in [0.3, 0.4) is 0 Å². The van der Waals surface area contributed by atoms with E-state index in [0.717, 1.165) is 19.3 Å². The number of hydrogen-bond acceptors (Lipinski definition) is 7. The van der Waals surface area contributed by atoms with Gasteiger partial charge in [0.2, 0.25) is 5.91 Å². The lowest BCUT2D eigenvalue weighted by Crippen LogP contribution is -2.49. The van der Waals surface area contributed by atoms with E-state index in [1.807, 2.05) is 23.1 Å². The average Bonchev–Trinajstić information content (AvgIpc) is 2.83. The maximum Gasteiger partial charge on any atom is 0.307 e. The second kappa shape index (κ2) is 11.4. The van der Waals surface area contributed by atoms with Crippen molar-refractivity contribution in [1.29, 1.82) is 0 Å². The summed E-state index contributed by atoms with van der Waals surface area (Å²) < 4.78 is 9.83. The van der Waals surface area contributed by atoms with E-state index in [0.29, 0.717) is 24.8 Å². The minimum Gasteiger partial charge on any atom is -0.496 e. The summed E-state index contributed by atoms with van der Waals surface area (Å²) >= 11 is 0. The number of nitrogens with zero attached hydrogens (tertiary/aromatic N) is 2. The number of carbonyl (C=O) groups excluding carboxylic acids is 2. The second-order valence-electron chi connectivity index (χ2n) is 8.09. The number of carbonyl (C=O) groups is 2. The highest BCUT2D eigenvalue weighted by atomic mass is 16.6. The Morgan fingerprint density at radius 2 is 1.85 bits per heavy atom. The number of methoxy groups -OCH3 is 2. The summed E-state index contributed by atoms with van der Waals surface area (Å²) in [5.74, 6) is -0.180. The number of benzene rings is 2. The van der Waals surface area contributed by atoms with Gasteiger partial charge in [-0.3, -0.25) is 24.6 Å². The lowest BCUT2D eigenvalue weighted by atomic mass is 9.89. The number of nitrogens with one attached hydrogen (secondary N) is 1. The van der Waals surface area contributed by atoms with E-state index in [1.54, 1.807) is 0 Å². The fourth-order valence-electron chi connectivity index (χ4n) is 4.16. The normalized spacial score (nSPS) is 15.5. The van der Waals surface area contributed by atoms with Crippen LogP contribution in [0.15, 0.2) is 48.5 Å². The SMILES string of the molecule is COC(=O)CC(C(=O)Nc1ccc(OC)cc1[N+](=O)[O-])N1CCC(Cc2ccccc2)CC1. The number of rotatable bonds is 9. The van der Waals surface area contributed by atoms with Gasteiger partial charge >= 0.3 is 5.97 Å². The summed E-state index contributed by atoms with van der Waals surface area (Å²) in [4.78, 5) is 38.0. The lowest BCUT2D eigenvalue weighted by molar-refractivity contribution is -0.384. The van der Waals surface area contributed by atoms with Crippen molar-refractivity contribution in [2.24, 2.45) is 5.92 Å². The van der Waals surface area contributed by atoms with Crippen molar-refractivity contribution in [2.45, 2.75) is 31.7 Å². The van der Waals surface area contributed by atoms with Crippen LogP contribution in [0.25, 0.3) is 0 Å². The number of anilines is 1. The first-order valence-corrected chi connectivity index (χ1v) is 10.9. The monoisotopic (exact) mass is 455 g/mol. The van der Waals surface area contributed by atoms with Crippen LogP contribution in [-0.4, -0.2) is 55.1 Å². The first kappa shape index (κ1) is 24.2. The van der Waals surface area contributed by atoms with Gasteiger partial charge in [-0.2, -0.15) is 0 Å². The predicted octanol–water partition coefficient (Wildman–Crippen LogP) is 3.43. The minimum atomic E-state index is -0.781. The molecule has 1 amide bonds. The molecule has 33 heavy (non-hydrogen) atoms. The van der Waals surface area contributed by atoms with Crippen molar-refractivity contribution in [3.8, 4) is 5.75 Å². The highest BCUT2D eigenvalue weighted by Gasteiger charge is 2.33. The summed E-state index contributed by atoms with van der Waals surface area (Å²) in [5.41, 5.74) is 1.06. The van der Waals surface area contributed by atoms with Crippen LogP contribution in [-0.2, 0) is 20.7 Å². The number of amides is 1. The molecule has 9 heteroatoms. The Bertz CT molecular complexity index is 973. The fraction of sp³-hybridized carbons (Fsp3) is 0.417. The van der Waals surface area contributed by atoms with Crippen molar-refractivity contribution in [2.75, 3.05) is 32.6 Å². The van der Waals surface area contributed by atoms with Gasteiger partial charge in [-0.05, 0) is 56.0 Å². The highest BCUT2D eigenvalue weighted by molar-refractivity contribution is 5.98. The highest BCUT2D eigenvalue weighted by Crippen LogP contribution is 2.30.